The number of primary amides is 1. The molecule has 80 valence electrons. The monoisotopic (exact) mass is 209 g/mol. The molecule has 6 heteroatoms. The van der Waals surface area contributed by atoms with E-state index in [2.05, 4.69) is 5.10 Å². The smallest absolute Gasteiger partial charge is 0.328 e. The average Bonchev–Trinajstić information content (AvgIpc) is 2.81. The van der Waals surface area contributed by atoms with Crippen molar-refractivity contribution < 1.29 is 14.7 Å². The van der Waals surface area contributed by atoms with Crippen molar-refractivity contribution in [3.8, 4) is 0 Å². The number of nitrogens with zero attached hydrogens (tertiary/aromatic N) is 2. The van der Waals surface area contributed by atoms with E-state index in [1.54, 1.807) is 0 Å². The minimum atomic E-state index is -0.920. The summed E-state index contributed by atoms with van der Waals surface area (Å²) in [4.78, 5) is 21.8. The summed E-state index contributed by atoms with van der Waals surface area (Å²) in [6, 6.07) is 0.763. The third kappa shape index (κ3) is 1.83. The molecular weight excluding hydrogens is 198 g/mol. The Morgan fingerprint density at radius 3 is 2.67 bits per heavy atom. The lowest BCUT2D eigenvalue weighted by molar-refractivity contribution is -0.141. The maximum Gasteiger partial charge on any atom is 0.328 e. The summed E-state index contributed by atoms with van der Waals surface area (Å²) in [6.07, 6.45) is 3.27. The van der Waals surface area contributed by atoms with Crippen LogP contribution in [-0.4, -0.2) is 26.8 Å². The van der Waals surface area contributed by atoms with E-state index in [1.165, 1.54) is 16.9 Å². The van der Waals surface area contributed by atoms with Crippen LogP contribution < -0.4 is 5.73 Å². The number of aliphatic carboxylic acids is 1. The highest BCUT2D eigenvalue weighted by Crippen LogP contribution is 2.39. The number of carboxylic acids is 1. The minimum Gasteiger partial charge on any atom is -0.480 e. The van der Waals surface area contributed by atoms with Crippen LogP contribution in [0.3, 0.4) is 0 Å². The fraction of sp³-hybridized carbons (Fsp3) is 0.444. The molecule has 0 saturated heterocycles. The molecule has 1 unspecified atom stereocenters. The lowest BCUT2D eigenvalue weighted by atomic mass is 10.2. The van der Waals surface area contributed by atoms with Crippen LogP contribution in [0.2, 0.25) is 0 Å². The van der Waals surface area contributed by atoms with Crippen LogP contribution in [0.15, 0.2) is 12.3 Å². The fourth-order valence-corrected chi connectivity index (χ4v) is 1.57. The number of hydrogen-bond acceptors (Lipinski definition) is 3. The largest absolute Gasteiger partial charge is 0.480 e. The molecule has 3 N–H and O–H groups in total. The molecule has 1 heterocycles. The van der Waals surface area contributed by atoms with Crippen LogP contribution in [-0.2, 0) is 4.79 Å². The van der Waals surface area contributed by atoms with Gasteiger partial charge in [0.1, 0.15) is 5.69 Å². The third-order valence-corrected chi connectivity index (χ3v) is 2.47. The van der Waals surface area contributed by atoms with Gasteiger partial charge in [-0.3, -0.25) is 9.48 Å². The van der Waals surface area contributed by atoms with E-state index in [0.717, 1.165) is 12.8 Å². The lowest BCUT2D eigenvalue weighted by Crippen LogP contribution is -2.22. The average molecular weight is 209 g/mol. The SMILES string of the molecule is NC(=O)c1ccn(C(C(=O)O)C2CC2)n1. The summed E-state index contributed by atoms with van der Waals surface area (Å²) in [5, 5.41) is 12.9. The number of hydrogen-bond donors (Lipinski definition) is 2. The summed E-state index contributed by atoms with van der Waals surface area (Å²) in [7, 11) is 0. The van der Waals surface area contributed by atoms with Gasteiger partial charge in [-0.2, -0.15) is 5.10 Å². The zero-order chi connectivity index (χ0) is 11.0. The highest BCUT2D eigenvalue weighted by Gasteiger charge is 2.38. The zero-order valence-corrected chi connectivity index (χ0v) is 7.96. The van der Waals surface area contributed by atoms with Crippen LogP contribution in [0.4, 0.5) is 0 Å². The molecule has 2 rings (SSSR count). The Hall–Kier alpha value is -1.85. The Balaban J connectivity index is 2.25. The van der Waals surface area contributed by atoms with E-state index in [9.17, 15) is 9.59 Å². The summed E-state index contributed by atoms with van der Waals surface area (Å²) >= 11 is 0. The number of carbonyl (C=O) groups is 2. The van der Waals surface area contributed by atoms with E-state index in [4.69, 9.17) is 10.8 Å². The van der Waals surface area contributed by atoms with Crippen molar-refractivity contribution in [1.29, 1.82) is 0 Å². The van der Waals surface area contributed by atoms with Crippen molar-refractivity contribution in [2.24, 2.45) is 11.7 Å². The first-order valence-corrected chi connectivity index (χ1v) is 4.67. The molecule has 0 aliphatic heterocycles. The van der Waals surface area contributed by atoms with Gasteiger partial charge in [0.25, 0.3) is 5.91 Å². The van der Waals surface area contributed by atoms with Crippen LogP contribution in [0.1, 0.15) is 29.4 Å². The molecule has 0 radical (unpaired) electrons. The molecule has 1 aromatic rings. The molecule has 0 bridgehead atoms. The van der Waals surface area contributed by atoms with E-state index in [0.29, 0.717) is 0 Å². The Morgan fingerprint density at radius 1 is 1.60 bits per heavy atom. The molecule has 0 aromatic carbocycles. The number of nitrogens with two attached hydrogens (primary N) is 1. The zero-order valence-electron chi connectivity index (χ0n) is 7.96. The van der Waals surface area contributed by atoms with Gasteiger partial charge in [0.05, 0.1) is 0 Å². The summed E-state index contributed by atoms with van der Waals surface area (Å²) < 4.78 is 1.31. The number of carboxylic acid groups (broad SMARTS) is 1. The van der Waals surface area contributed by atoms with Crippen molar-refractivity contribution >= 4 is 11.9 Å². The van der Waals surface area contributed by atoms with Crippen LogP contribution >= 0.6 is 0 Å². The molecule has 1 aliphatic carbocycles. The fourth-order valence-electron chi connectivity index (χ4n) is 1.57. The summed E-state index contributed by atoms with van der Waals surface area (Å²) in [5.41, 5.74) is 5.13. The Morgan fingerprint density at radius 2 is 2.27 bits per heavy atom. The number of rotatable bonds is 4. The Bertz CT molecular complexity index is 408. The Labute approximate surface area is 85.7 Å². The number of aromatic nitrogens is 2. The number of amides is 1. The van der Waals surface area contributed by atoms with E-state index >= 15 is 0 Å². The van der Waals surface area contributed by atoms with Crippen molar-refractivity contribution in [2.75, 3.05) is 0 Å². The van der Waals surface area contributed by atoms with E-state index < -0.39 is 17.9 Å². The van der Waals surface area contributed by atoms with Gasteiger partial charge in [-0.1, -0.05) is 0 Å². The highest BCUT2D eigenvalue weighted by molar-refractivity contribution is 5.90. The first-order valence-electron chi connectivity index (χ1n) is 4.67. The van der Waals surface area contributed by atoms with Gasteiger partial charge < -0.3 is 10.8 Å². The predicted octanol–water partition coefficient (Wildman–Crippen LogP) is 0.0177. The first kappa shape index (κ1) is 9.70. The quantitative estimate of drug-likeness (QED) is 0.730. The van der Waals surface area contributed by atoms with Gasteiger partial charge in [-0.05, 0) is 24.8 Å². The summed E-state index contributed by atoms with van der Waals surface area (Å²) in [5.74, 6) is -1.44. The first-order chi connectivity index (χ1) is 7.09. The molecule has 15 heavy (non-hydrogen) atoms. The minimum absolute atomic E-state index is 0.0990. The summed E-state index contributed by atoms with van der Waals surface area (Å²) in [6.45, 7) is 0. The second-order valence-corrected chi connectivity index (χ2v) is 3.67. The molecule has 1 amide bonds. The van der Waals surface area contributed by atoms with Gasteiger partial charge in [0, 0.05) is 6.20 Å². The predicted molar refractivity (Wildman–Crippen MR) is 50.1 cm³/mol. The second-order valence-electron chi connectivity index (χ2n) is 3.67. The highest BCUT2D eigenvalue weighted by atomic mass is 16.4. The van der Waals surface area contributed by atoms with Crippen molar-refractivity contribution in [1.82, 2.24) is 9.78 Å². The maximum absolute atomic E-state index is 11.0. The van der Waals surface area contributed by atoms with Gasteiger partial charge in [0.15, 0.2) is 6.04 Å². The Kier molecular flexibility index (Phi) is 2.18. The van der Waals surface area contributed by atoms with Crippen LogP contribution in [0.25, 0.3) is 0 Å². The van der Waals surface area contributed by atoms with Crippen molar-refractivity contribution in [3.63, 3.8) is 0 Å². The molecular formula is C9H11N3O3. The van der Waals surface area contributed by atoms with Crippen LogP contribution in [0.5, 0.6) is 0 Å². The standard InChI is InChI=1S/C9H11N3O3/c10-8(13)6-3-4-12(11-6)7(9(14)15)5-1-2-5/h3-5,7H,1-2H2,(H2,10,13)(H,14,15). The molecule has 1 saturated carbocycles. The molecule has 1 aromatic heterocycles. The molecule has 1 aliphatic rings. The molecule has 0 spiro atoms. The lowest BCUT2D eigenvalue weighted by Gasteiger charge is -2.10. The van der Waals surface area contributed by atoms with Crippen molar-refractivity contribution in [3.05, 3.63) is 18.0 Å². The van der Waals surface area contributed by atoms with Gasteiger partial charge in [-0.25, -0.2) is 4.79 Å². The van der Waals surface area contributed by atoms with E-state index in [1.807, 2.05) is 0 Å². The second kappa shape index (κ2) is 3.38. The normalized spacial score (nSPS) is 17.3. The van der Waals surface area contributed by atoms with Crippen molar-refractivity contribution in [2.45, 2.75) is 18.9 Å². The topological polar surface area (TPSA) is 98.2 Å². The van der Waals surface area contributed by atoms with E-state index in [-0.39, 0.29) is 11.6 Å². The van der Waals surface area contributed by atoms with Gasteiger partial charge in [0.2, 0.25) is 0 Å². The molecule has 6 nitrogen and oxygen atoms in total. The van der Waals surface area contributed by atoms with Gasteiger partial charge in [-0.15, -0.1) is 0 Å². The maximum atomic E-state index is 11.0. The third-order valence-electron chi connectivity index (χ3n) is 2.47. The molecule has 1 atom stereocenters. The van der Waals surface area contributed by atoms with Crippen LogP contribution in [0, 0.1) is 5.92 Å². The van der Waals surface area contributed by atoms with Gasteiger partial charge >= 0.3 is 5.97 Å². The number of carbonyl (C=O) groups excluding carboxylic acids is 1. The molecule has 1 fully saturated rings.